The SMILES string of the molecule is CCOC(=O)CC(=O)N[C@H](CC(=O)OC)c1ccc(Br)cc1. The highest BCUT2D eigenvalue weighted by atomic mass is 79.9. The average molecular weight is 372 g/mol. The van der Waals surface area contributed by atoms with Crippen molar-refractivity contribution in [1.82, 2.24) is 5.32 Å². The summed E-state index contributed by atoms with van der Waals surface area (Å²) >= 11 is 3.32. The fraction of sp³-hybridized carbons (Fsp3) is 0.400. The first kappa shape index (κ1) is 18.2. The van der Waals surface area contributed by atoms with Crippen LogP contribution in [-0.4, -0.2) is 31.6 Å². The summed E-state index contributed by atoms with van der Waals surface area (Å²) in [5, 5.41) is 2.65. The van der Waals surface area contributed by atoms with Crippen molar-refractivity contribution in [2.75, 3.05) is 13.7 Å². The third kappa shape index (κ3) is 6.26. The number of methoxy groups -OCH3 is 1. The molecule has 0 saturated heterocycles. The van der Waals surface area contributed by atoms with Crippen LogP contribution in [-0.2, 0) is 23.9 Å². The standard InChI is InChI=1S/C15H18BrNO5/c1-3-22-15(20)9-13(18)17-12(8-14(19)21-2)10-4-6-11(16)7-5-10/h4-7,12H,3,8-9H2,1-2H3,(H,17,18)/t12-/m1/s1. The van der Waals surface area contributed by atoms with Crippen molar-refractivity contribution in [3.8, 4) is 0 Å². The predicted molar refractivity (Wildman–Crippen MR) is 82.9 cm³/mol. The van der Waals surface area contributed by atoms with Crippen LogP contribution in [0.5, 0.6) is 0 Å². The smallest absolute Gasteiger partial charge is 0.315 e. The number of hydrogen-bond acceptors (Lipinski definition) is 5. The Labute approximate surface area is 137 Å². The zero-order valence-electron chi connectivity index (χ0n) is 12.4. The number of nitrogens with one attached hydrogen (secondary N) is 1. The molecular formula is C15H18BrNO5. The summed E-state index contributed by atoms with van der Waals surface area (Å²) in [6.07, 6.45) is -0.408. The largest absolute Gasteiger partial charge is 0.469 e. The summed E-state index contributed by atoms with van der Waals surface area (Å²) in [6, 6.07) is 6.60. The maximum atomic E-state index is 11.9. The van der Waals surface area contributed by atoms with E-state index in [4.69, 9.17) is 4.74 Å². The van der Waals surface area contributed by atoms with Crippen LogP contribution in [0.3, 0.4) is 0 Å². The molecule has 0 fully saturated rings. The second-order valence-electron chi connectivity index (χ2n) is 4.43. The number of amides is 1. The third-order valence-corrected chi connectivity index (χ3v) is 3.34. The second kappa shape index (κ2) is 9.19. The Morgan fingerprint density at radius 2 is 1.82 bits per heavy atom. The number of hydrogen-bond donors (Lipinski definition) is 1. The maximum Gasteiger partial charge on any atom is 0.315 e. The van der Waals surface area contributed by atoms with Crippen molar-refractivity contribution in [3.63, 3.8) is 0 Å². The van der Waals surface area contributed by atoms with E-state index in [9.17, 15) is 14.4 Å². The summed E-state index contributed by atoms with van der Waals surface area (Å²) in [7, 11) is 1.28. The minimum atomic E-state index is -0.604. The van der Waals surface area contributed by atoms with Gasteiger partial charge in [-0.15, -0.1) is 0 Å². The highest BCUT2D eigenvalue weighted by molar-refractivity contribution is 9.10. The van der Waals surface area contributed by atoms with E-state index in [-0.39, 0.29) is 19.4 Å². The van der Waals surface area contributed by atoms with Gasteiger partial charge >= 0.3 is 11.9 Å². The van der Waals surface area contributed by atoms with Gasteiger partial charge in [0.2, 0.25) is 5.91 Å². The van der Waals surface area contributed by atoms with Crippen molar-refractivity contribution >= 4 is 33.8 Å². The molecule has 1 rings (SSSR count). The van der Waals surface area contributed by atoms with E-state index in [2.05, 4.69) is 26.0 Å². The maximum absolute atomic E-state index is 11.9. The lowest BCUT2D eigenvalue weighted by atomic mass is 10.0. The van der Waals surface area contributed by atoms with E-state index < -0.39 is 23.9 Å². The Bertz CT molecular complexity index is 529. The van der Waals surface area contributed by atoms with Gasteiger partial charge in [-0.05, 0) is 24.6 Å². The molecule has 0 radical (unpaired) electrons. The van der Waals surface area contributed by atoms with Gasteiger partial charge in [-0.25, -0.2) is 0 Å². The fourth-order valence-corrected chi connectivity index (χ4v) is 2.05. The molecule has 0 saturated carbocycles. The number of ether oxygens (including phenoxy) is 2. The minimum Gasteiger partial charge on any atom is -0.469 e. The lowest BCUT2D eigenvalue weighted by Crippen LogP contribution is -2.32. The molecule has 6 nitrogen and oxygen atoms in total. The van der Waals surface area contributed by atoms with Crippen molar-refractivity contribution in [3.05, 3.63) is 34.3 Å². The van der Waals surface area contributed by atoms with E-state index in [1.54, 1.807) is 31.2 Å². The van der Waals surface area contributed by atoms with Crippen LogP contribution in [0.1, 0.15) is 31.4 Å². The van der Waals surface area contributed by atoms with Gasteiger partial charge < -0.3 is 14.8 Å². The second-order valence-corrected chi connectivity index (χ2v) is 5.35. The molecule has 120 valence electrons. The number of carbonyl (C=O) groups is 3. The summed E-state index contributed by atoms with van der Waals surface area (Å²) in [5.74, 6) is -1.56. The summed E-state index contributed by atoms with van der Waals surface area (Å²) in [5.41, 5.74) is 0.741. The van der Waals surface area contributed by atoms with Crippen LogP contribution >= 0.6 is 15.9 Å². The van der Waals surface area contributed by atoms with Crippen LogP contribution in [0.15, 0.2) is 28.7 Å². The van der Waals surface area contributed by atoms with Gasteiger partial charge in [0.25, 0.3) is 0 Å². The van der Waals surface area contributed by atoms with Gasteiger partial charge in [-0.2, -0.15) is 0 Å². The zero-order chi connectivity index (χ0) is 16.5. The van der Waals surface area contributed by atoms with Crippen molar-refractivity contribution in [2.24, 2.45) is 0 Å². The first-order valence-corrected chi connectivity index (χ1v) is 7.52. The van der Waals surface area contributed by atoms with Crippen LogP contribution in [0.2, 0.25) is 0 Å². The number of esters is 2. The summed E-state index contributed by atoms with van der Waals surface area (Å²) in [4.78, 5) is 34.7. The van der Waals surface area contributed by atoms with Crippen LogP contribution in [0, 0.1) is 0 Å². The van der Waals surface area contributed by atoms with Gasteiger partial charge in [-0.3, -0.25) is 14.4 Å². The molecule has 0 aliphatic carbocycles. The Hall–Kier alpha value is -1.89. The third-order valence-electron chi connectivity index (χ3n) is 2.82. The molecule has 1 N–H and O–H groups in total. The monoisotopic (exact) mass is 371 g/mol. The van der Waals surface area contributed by atoms with E-state index in [1.807, 2.05) is 0 Å². The van der Waals surface area contributed by atoms with Gasteiger partial charge in [0.1, 0.15) is 6.42 Å². The highest BCUT2D eigenvalue weighted by Crippen LogP contribution is 2.20. The van der Waals surface area contributed by atoms with Crippen molar-refractivity contribution < 1.29 is 23.9 Å². The molecule has 1 atom stereocenters. The lowest BCUT2D eigenvalue weighted by molar-refractivity contribution is -0.146. The molecule has 1 amide bonds. The summed E-state index contributed by atoms with van der Waals surface area (Å²) < 4.78 is 10.2. The Morgan fingerprint density at radius 3 is 2.36 bits per heavy atom. The fourth-order valence-electron chi connectivity index (χ4n) is 1.79. The van der Waals surface area contributed by atoms with E-state index in [0.717, 1.165) is 10.0 Å². The topological polar surface area (TPSA) is 81.7 Å². The van der Waals surface area contributed by atoms with Crippen molar-refractivity contribution in [1.29, 1.82) is 0 Å². The molecule has 22 heavy (non-hydrogen) atoms. The average Bonchev–Trinajstić information content (AvgIpc) is 2.47. The molecular weight excluding hydrogens is 354 g/mol. The molecule has 1 aromatic carbocycles. The summed E-state index contributed by atoms with van der Waals surface area (Å²) in [6.45, 7) is 1.88. The van der Waals surface area contributed by atoms with Gasteiger partial charge in [-0.1, -0.05) is 28.1 Å². The van der Waals surface area contributed by atoms with E-state index >= 15 is 0 Å². The molecule has 1 aromatic rings. The Kier molecular flexibility index (Phi) is 7.59. The van der Waals surface area contributed by atoms with E-state index in [1.165, 1.54) is 7.11 Å². The molecule has 0 bridgehead atoms. The molecule has 7 heteroatoms. The van der Waals surface area contributed by atoms with Gasteiger partial charge in [0.05, 0.1) is 26.2 Å². The Morgan fingerprint density at radius 1 is 1.18 bits per heavy atom. The van der Waals surface area contributed by atoms with E-state index in [0.29, 0.717) is 0 Å². The zero-order valence-corrected chi connectivity index (χ0v) is 14.0. The quantitative estimate of drug-likeness (QED) is 0.586. The van der Waals surface area contributed by atoms with Gasteiger partial charge in [0, 0.05) is 4.47 Å². The van der Waals surface area contributed by atoms with Gasteiger partial charge in [0.15, 0.2) is 0 Å². The highest BCUT2D eigenvalue weighted by Gasteiger charge is 2.20. The number of carbonyl (C=O) groups excluding carboxylic acids is 3. The van der Waals surface area contributed by atoms with Crippen LogP contribution < -0.4 is 5.32 Å². The first-order chi connectivity index (χ1) is 10.5. The molecule has 0 unspecified atom stereocenters. The number of halogens is 1. The lowest BCUT2D eigenvalue weighted by Gasteiger charge is -2.18. The minimum absolute atomic E-state index is 0.0211. The number of benzene rings is 1. The van der Waals surface area contributed by atoms with Crippen molar-refractivity contribution in [2.45, 2.75) is 25.8 Å². The molecule has 0 aliphatic rings. The van der Waals surface area contributed by atoms with Crippen LogP contribution in [0.25, 0.3) is 0 Å². The molecule has 0 aliphatic heterocycles. The molecule has 0 aromatic heterocycles. The normalized spacial score (nSPS) is 11.4. The molecule has 0 spiro atoms. The van der Waals surface area contributed by atoms with Crippen LogP contribution in [0.4, 0.5) is 0 Å². The molecule has 0 heterocycles. The Balaban J connectivity index is 2.77. The first-order valence-electron chi connectivity index (χ1n) is 6.73. The predicted octanol–water partition coefficient (Wildman–Crippen LogP) is 2.12. The number of rotatable bonds is 7.